The maximum Gasteiger partial charge on any atom is 0.342 e. The van der Waals surface area contributed by atoms with E-state index in [1.54, 1.807) is 12.1 Å². The molecule has 1 atom stereocenters. The number of non-ortho nitro benzene ring substituents is 1. The first-order chi connectivity index (χ1) is 13.3. The van der Waals surface area contributed by atoms with E-state index >= 15 is 0 Å². The average Bonchev–Trinajstić information content (AvgIpc) is 2.71. The van der Waals surface area contributed by atoms with Crippen molar-refractivity contribution in [2.45, 2.75) is 26.2 Å². The molecule has 0 aliphatic carbocycles. The van der Waals surface area contributed by atoms with E-state index < -0.39 is 23.4 Å². The number of amides is 1. The van der Waals surface area contributed by atoms with Gasteiger partial charge in [0.15, 0.2) is 6.61 Å². The first-order valence-corrected chi connectivity index (χ1v) is 8.75. The van der Waals surface area contributed by atoms with Gasteiger partial charge in [0, 0.05) is 17.8 Å². The molecule has 2 aromatic carbocycles. The molecule has 0 unspecified atom stereocenters. The van der Waals surface area contributed by atoms with Crippen molar-refractivity contribution in [1.82, 2.24) is 0 Å². The van der Waals surface area contributed by atoms with Crippen LogP contribution in [-0.4, -0.2) is 30.5 Å². The number of nitrogens with one attached hydrogen (secondary N) is 1. The van der Waals surface area contributed by atoms with Gasteiger partial charge in [0.25, 0.3) is 11.6 Å². The summed E-state index contributed by atoms with van der Waals surface area (Å²) in [6.45, 7) is 3.69. The van der Waals surface area contributed by atoms with Crippen LogP contribution in [0.1, 0.15) is 42.1 Å². The van der Waals surface area contributed by atoms with Crippen LogP contribution in [0.25, 0.3) is 0 Å². The van der Waals surface area contributed by atoms with E-state index in [1.165, 1.54) is 24.8 Å². The Labute approximate surface area is 162 Å². The molecule has 2 rings (SSSR count). The Bertz CT molecular complexity index is 863. The lowest BCUT2D eigenvalue weighted by molar-refractivity contribution is -0.384. The number of rotatable bonds is 8. The summed E-state index contributed by atoms with van der Waals surface area (Å²) in [7, 11) is 1.33. The number of carbonyl (C=O) groups excluding carboxylic acids is 2. The van der Waals surface area contributed by atoms with Crippen molar-refractivity contribution in [2.75, 3.05) is 19.0 Å². The number of nitro groups is 1. The van der Waals surface area contributed by atoms with Crippen LogP contribution in [0.5, 0.6) is 5.75 Å². The second-order valence-electron chi connectivity index (χ2n) is 6.20. The Balaban J connectivity index is 1.98. The Morgan fingerprint density at radius 2 is 1.86 bits per heavy atom. The summed E-state index contributed by atoms with van der Waals surface area (Å²) in [5.41, 5.74) is 1.35. The summed E-state index contributed by atoms with van der Waals surface area (Å²) >= 11 is 0. The zero-order valence-corrected chi connectivity index (χ0v) is 15.9. The third kappa shape index (κ3) is 5.29. The lowest BCUT2D eigenvalue weighted by Crippen LogP contribution is -2.21. The number of nitrogens with zero attached hydrogens (tertiary/aromatic N) is 1. The van der Waals surface area contributed by atoms with E-state index in [4.69, 9.17) is 9.47 Å². The fraction of sp³-hybridized carbons (Fsp3) is 0.300. The molecule has 1 N–H and O–H groups in total. The van der Waals surface area contributed by atoms with Crippen LogP contribution in [0, 0.1) is 10.1 Å². The van der Waals surface area contributed by atoms with Crippen molar-refractivity contribution in [3.8, 4) is 5.75 Å². The Kier molecular flexibility index (Phi) is 7.08. The van der Waals surface area contributed by atoms with Gasteiger partial charge < -0.3 is 14.8 Å². The zero-order valence-electron chi connectivity index (χ0n) is 15.9. The van der Waals surface area contributed by atoms with E-state index in [9.17, 15) is 19.7 Å². The van der Waals surface area contributed by atoms with Crippen LogP contribution >= 0.6 is 0 Å². The quantitative estimate of drug-likeness (QED) is 0.419. The monoisotopic (exact) mass is 386 g/mol. The van der Waals surface area contributed by atoms with Gasteiger partial charge in [-0.3, -0.25) is 14.9 Å². The molecule has 0 saturated carbocycles. The highest BCUT2D eigenvalue weighted by molar-refractivity contribution is 5.97. The molecule has 0 fully saturated rings. The highest BCUT2D eigenvalue weighted by atomic mass is 16.6. The Morgan fingerprint density at radius 1 is 1.18 bits per heavy atom. The van der Waals surface area contributed by atoms with Gasteiger partial charge in [-0.25, -0.2) is 4.79 Å². The molecule has 0 heterocycles. The molecule has 0 spiro atoms. The minimum atomic E-state index is -0.886. The van der Waals surface area contributed by atoms with E-state index in [-0.39, 0.29) is 17.0 Å². The second-order valence-corrected chi connectivity index (χ2v) is 6.20. The summed E-state index contributed by atoms with van der Waals surface area (Å²) in [6.07, 6.45) is 1.02. The van der Waals surface area contributed by atoms with Crippen molar-refractivity contribution in [3.63, 3.8) is 0 Å². The lowest BCUT2D eigenvalue weighted by Gasteiger charge is -2.11. The summed E-state index contributed by atoms with van der Waals surface area (Å²) < 4.78 is 9.98. The first kappa shape index (κ1) is 20.9. The van der Waals surface area contributed by atoms with Gasteiger partial charge in [-0.15, -0.1) is 0 Å². The molecule has 0 saturated heterocycles. The van der Waals surface area contributed by atoms with Gasteiger partial charge >= 0.3 is 5.97 Å². The number of hydrogen-bond donors (Lipinski definition) is 1. The normalized spacial score (nSPS) is 11.4. The minimum Gasteiger partial charge on any atom is -0.496 e. The number of ether oxygens (including phenoxy) is 2. The van der Waals surface area contributed by atoms with E-state index in [1.807, 2.05) is 12.1 Å². The van der Waals surface area contributed by atoms with Gasteiger partial charge in [-0.05, 0) is 36.1 Å². The van der Waals surface area contributed by atoms with Crippen molar-refractivity contribution in [3.05, 3.63) is 63.7 Å². The Hall–Kier alpha value is -3.42. The fourth-order valence-corrected chi connectivity index (χ4v) is 2.51. The van der Waals surface area contributed by atoms with Crippen LogP contribution in [0.3, 0.4) is 0 Å². The van der Waals surface area contributed by atoms with Crippen molar-refractivity contribution < 1.29 is 24.0 Å². The third-order valence-electron chi connectivity index (χ3n) is 4.32. The standard InChI is InChI=1S/C20H22N2O6/c1-4-13(2)14-5-7-15(8-6-14)21-19(23)12-28-20(24)17-11-16(22(25)26)9-10-18(17)27-3/h5-11,13H,4,12H2,1-3H3,(H,21,23)/t13-/m0/s1. The van der Waals surface area contributed by atoms with Gasteiger partial charge in [-0.1, -0.05) is 26.0 Å². The number of esters is 1. The molecule has 2 aromatic rings. The molecule has 148 valence electrons. The van der Waals surface area contributed by atoms with Crippen LogP contribution in [0.4, 0.5) is 11.4 Å². The summed E-state index contributed by atoms with van der Waals surface area (Å²) in [4.78, 5) is 34.5. The summed E-state index contributed by atoms with van der Waals surface area (Å²) in [5, 5.41) is 13.5. The number of anilines is 1. The number of methoxy groups -OCH3 is 1. The fourth-order valence-electron chi connectivity index (χ4n) is 2.51. The largest absolute Gasteiger partial charge is 0.496 e. The number of hydrogen-bond acceptors (Lipinski definition) is 6. The maximum atomic E-state index is 12.2. The van der Waals surface area contributed by atoms with E-state index in [0.717, 1.165) is 12.5 Å². The SMILES string of the molecule is CC[C@H](C)c1ccc(NC(=O)COC(=O)c2cc([N+](=O)[O-])ccc2OC)cc1. The number of carbonyl (C=O) groups is 2. The maximum absolute atomic E-state index is 12.2. The average molecular weight is 386 g/mol. The highest BCUT2D eigenvalue weighted by Gasteiger charge is 2.19. The number of benzene rings is 2. The molecule has 0 aliphatic heterocycles. The van der Waals surface area contributed by atoms with Gasteiger partial charge in [-0.2, -0.15) is 0 Å². The molecule has 8 nitrogen and oxygen atoms in total. The van der Waals surface area contributed by atoms with Crippen molar-refractivity contribution in [1.29, 1.82) is 0 Å². The number of nitro benzene ring substituents is 1. The van der Waals surface area contributed by atoms with Crippen LogP contribution in [0.15, 0.2) is 42.5 Å². The van der Waals surface area contributed by atoms with E-state index in [0.29, 0.717) is 11.6 Å². The molecular formula is C20H22N2O6. The summed E-state index contributed by atoms with van der Waals surface area (Å²) in [5.74, 6) is -0.857. The molecular weight excluding hydrogens is 364 g/mol. The third-order valence-corrected chi connectivity index (χ3v) is 4.32. The molecule has 8 heteroatoms. The minimum absolute atomic E-state index is 0.122. The predicted octanol–water partition coefficient (Wildman–Crippen LogP) is 3.91. The van der Waals surface area contributed by atoms with Gasteiger partial charge in [0.05, 0.1) is 12.0 Å². The molecule has 28 heavy (non-hydrogen) atoms. The topological polar surface area (TPSA) is 108 Å². The Morgan fingerprint density at radius 3 is 2.43 bits per heavy atom. The first-order valence-electron chi connectivity index (χ1n) is 8.75. The van der Waals surface area contributed by atoms with Crippen LogP contribution < -0.4 is 10.1 Å². The summed E-state index contributed by atoms with van der Waals surface area (Å²) in [6, 6.07) is 11.0. The van der Waals surface area contributed by atoms with Crippen LogP contribution in [-0.2, 0) is 9.53 Å². The molecule has 0 bridgehead atoms. The van der Waals surface area contributed by atoms with E-state index in [2.05, 4.69) is 19.2 Å². The molecule has 1 amide bonds. The molecule has 0 aliphatic rings. The molecule has 0 aromatic heterocycles. The predicted molar refractivity (Wildman–Crippen MR) is 104 cm³/mol. The second kappa shape index (κ2) is 9.50. The van der Waals surface area contributed by atoms with Crippen molar-refractivity contribution >= 4 is 23.3 Å². The molecule has 0 radical (unpaired) electrons. The van der Waals surface area contributed by atoms with Gasteiger partial charge in [0.1, 0.15) is 11.3 Å². The van der Waals surface area contributed by atoms with Crippen molar-refractivity contribution in [2.24, 2.45) is 0 Å². The van der Waals surface area contributed by atoms with Crippen LogP contribution in [0.2, 0.25) is 0 Å². The smallest absolute Gasteiger partial charge is 0.342 e. The lowest BCUT2D eigenvalue weighted by atomic mass is 9.99. The highest BCUT2D eigenvalue weighted by Crippen LogP contribution is 2.25. The zero-order chi connectivity index (χ0) is 20.7. The van der Waals surface area contributed by atoms with Gasteiger partial charge in [0.2, 0.25) is 0 Å².